The van der Waals surface area contributed by atoms with Crippen LogP contribution in [-0.4, -0.2) is 30.0 Å². The van der Waals surface area contributed by atoms with Crippen LogP contribution in [0, 0.1) is 5.41 Å². The van der Waals surface area contributed by atoms with Gasteiger partial charge in [-0.15, -0.1) is 0 Å². The van der Waals surface area contributed by atoms with Gasteiger partial charge in [0.2, 0.25) is 0 Å². The Morgan fingerprint density at radius 3 is 2.64 bits per heavy atom. The molecule has 0 radical (unpaired) electrons. The largest absolute Gasteiger partial charge is 0.378 e. The van der Waals surface area contributed by atoms with Crippen LogP contribution in [0.3, 0.4) is 0 Å². The Kier molecular flexibility index (Phi) is 4.86. The third-order valence-corrected chi connectivity index (χ3v) is 4.77. The van der Waals surface area contributed by atoms with Crippen LogP contribution >= 0.6 is 11.8 Å². The Morgan fingerprint density at radius 2 is 1.89 bits per heavy atom. The van der Waals surface area contributed by atoms with E-state index in [4.69, 9.17) is 11.1 Å². The number of nitrogens with zero attached hydrogens (tertiary/aromatic N) is 5. The van der Waals surface area contributed by atoms with E-state index < -0.39 is 0 Å². The van der Waals surface area contributed by atoms with Gasteiger partial charge in [0, 0.05) is 36.1 Å². The van der Waals surface area contributed by atoms with E-state index in [1.165, 1.54) is 0 Å². The summed E-state index contributed by atoms with van der Waals surface area (Å²) < 4.78 is 1.74. The first kappa shape index (κ1) is 17.9. The summed E-state index contributed by atoms with van der Waals surface area (Å²) in [5.74, 6) is 0.475. The summed E-state index contributed by atoms with van der Waals surface area (Å²) >= 11 is 1.10. The number of aliphatic imine (C=N–C) groups is 1. The molecule has 0 amide bonds. The molecule has 1 aromatic carbocycles. The molecule has 0 atom stereocenters. The highest BCUT2D eigenvalue weighted by Gasteiger charge is 2.07. The summed E-state index contributed by atoms with van der Waals surface area (Å²) in [6.45, 7) is 0. The van der Waals surface area contributed by atoms with Crippen molar-refractivity contribution in [1.82, 2.24) is 19.7 Å². The average Bonchev–Trinajstić information content (AvgIpc) is 3.14. The van der Waals surface area contributed by atoms with Gasteiger partial charge in [0.05, 0.1) is 17.2 Å². The van der Waals surface area contributed by atoms with Crippen molar-refractivity contribution in [1.29, 1.82) is 5.41 Å². The number of hydrogen-bond acceptors (Lipinski definition) is 6. The molecule has 28 heavy (non-hydrogen) atoms. The Balaban J connectivity index is 1.59. The van der Waals surface area contributed by atoms with Crippen LogP contribution in [-0.2, 0) is 7.05 Å². The Bertz CT molecular complexity index is 1180. The van der Waals surface area contributed by atoms with Crippen molar-refractivity contribution in [2.75, 3.05) is 0 Å². The van der Waals surface area contributed by atoms with Crippen LogP contribution in [0.2, 0.25) is 0 Å². The molecule has 7 nitrogen and oxygen atoms in total. The normalized spacial score (nSPS) is 11.7. The highest BCUT2D eigenvalue weighted by atomic mass is 32.2. The monoisotopic (exact) mass is 387 g/mol. The predicted molar refractivity (Wildman–Crippen MR) is 114 cm³/mol. The molecule has 0 aliphatic carbocycles. The smallest absolute Gasteiger partial charge is 0.167 e. The van der Waals surface area contributed by atoms with Crippen molar-refractivity contribution in [2.45, 2.75) is 0 Å². The fraction of sp³-hybridized carbons (Fsp3) is 0.0500. The Hall–Kier alpha value is -3.52. The molecule has 0 unspecified atom stereocenters. The van der Waals surface area contributed by atoms with Gasteiger partial charge in [-0.05, 0) is 30.0 Å². The first-order valence-electron chi connectivity index (χ1n) is 8.50. The fourth-order valence-electron chi connectivity index (χ4n) is 2.68. The molecule has 0 saturated carbocycles. The molecule has 0 saturated heterocycles. The molecule has 0 bridgehead atoms. The highest BCUT2D eigenvalue weighted by molar-refractivity contribution is 8.26. The summed E-state index contributed by atoms with van der Waals surface area (Å²) in [5, 5.41) is 12.9. The summed E-state index contributed by atoms with van der Waals surface area (Å²) in [7, 11) is 1.87. The molecule has 3 N–H and O–H groups in total. The number of benzene rings is 1. The van der Waals surface area contributed by atoms with Crippen LogP contribution in [0.1, 0.15) is 5.56 Å². The highest BCUT2D eigenvalue weighted by Crippen LogP contribution is 2.23. The maximum atomic E-state index is 8.15. The number of nitrogens with one attached hydrogen (secondary N) is 1. The second-order valence-corrected chi connectivity index (χ2v) is 7.11. The number of rotatable bonds is 3. The second kappa shape index (κ2) is 7.61. The molecular formula is C20H17N7S. The van der Waals surface area contributed by atoms with E-state index in [2.05, 4.69) is 20.1 Å². The van der Waals surface area contributed by atoms with Gasteiger partial charge in [-0.2, -0.15) is 5.10 Å². The lowest BCUT2D eigenvalue weighted by Gasteiger charge is -2.04. The van der Waals surface area contributed by atoms with E-state index in [9.17, 15) is 0 Å². The predicted octanol–water partition coefficient (Wildman–Crippen LogP) is 3.74. The number of fused-ring (bicyclic) bond motifs is 1. The Morgan fingerprint density at radius 1 is 1.07 bits per heavy atom. The number of hydrogen-bond donors (Lipinski definition) is 2. The minimum absolute atomic E-state index is 0.261. The maximum absolute atomic E-state index is 8.15. The number of nitrogens with two attached hydrogens (primary N) is 1. The molecule has 3 aromatic heterocycles. The van der Waals surface area contributed by atoms with Crippen LogP contribution in [0.5, 0.6) is 0 Å². The van der Waals surface area contributed by atoms with E-state index in [-0.39, 0.29) is 5.17 Å². The summed E-state index contributed by atoms with van der Waals surface area (Å²) in [5.41, 5.74) is 10.2. The van der Waals surface area contributed by atoms with Gasteiger partial charge in [-0.25, -0.2) is 9.98 Å². The molecule has 0 aliphatic rings. The number of aryl methyl sites for hydroxylation is 1. The molecule has 4 aromatic rings. The zero-order valence-electron chi connectivity index (χ0n) is 15.1. The first-order chi connectivity index (χ1) is 13.6. The van der Waals surface area contributed by atoms with Crippen LogP contribution in [0.25, 0.3) is 22.2 Å². The SMILES string of the molecule is Cn1cc(-c2cnc3ccc(N=C(N)SC(=N)c4ccccc4)nc3c2)cn1. The lowest BCUT2D eigenvalue weighted by atomic mass is 10.1. The molecular weight excluding hydrogens is 370 g/mol. The van der Waals surface area contributed by atoms with E-state index >= 15 is 0 Å². The van der Waals surface area contributed by atoms with Crippen LogP contribution < -0.4 is 5.73 Å². The number of aromatic nitrogens is 4. The van der Waals surface area contributed by atoms with Gasteiger partial charge in [0.15, 0.2) is 11.0 Å². The van der Waals surface area contributed by atoms with Crippen LogP contribution in [0.15, 0.2) is 72.1 Å². The third kappa shape index (κ3) is 3.91. The maximum Gasteiger partial charge on any atom is 0.167 e. The lowest BCUT2D eigenvalue weighted by Crippen LogP contribution is -2.10. The van der Waals surface area contributed by atoms with Crippen molar-refractivity contribution in [3.63, 3.8) is 0 Å². The quantitative estimate of drug-likeness (QED) is 0.411. The summed E-state index contributed by atoms with van der Waals surface area (Å²) in [6, 6.07) is 15.0. The van der Waals surface area contributed by atoms with Crippen molar-refractivity contribution < 1.29 is 0 Å². The van der Waals surface area contributed by atoms with E-state index in [0.717, 1.165) is 39.5 Å². The first-order valence-corrected chi connectivity index (χ1v) is 9.32. The number of pyridine rings is 2. The second-order valence-electron chi connectivity index (χ2n) is 6.08. The minimum Gasteiger partial charge on any atom is -0.378 e. The van der Waals surface area contributed by atoms with Gasteiger partial charge >= 0.3 is 0 Å². The number of amidine groups is 1. The van der Waals surface area contributed by atoms with Gasteiger partial charge < -0.3 is 5.73 Å². The molecule has 3 heterocycles. The summed E-state index contributed by atoms with van der Waals surface area (Å²) in [4.78, 5) is 13.3. The van der Waals surface area contributed by atoms with Crippen molar-refractivity contribution in [2.24, 2.45) is 17.8 Å². The van der Waals surface area contributed by atoms with Crippen molar-refractivity contribution in [3.05, 3.63) is 72.7 Å². The third-order valence-electron chi connectivity index (χ3n) is 4.03. The van der Waals surface area contributed by atoms with Crippen molar-refractivity contribution >= 4 is 38.8 Å². The van der Waals surface area contributed by atoms with Gasteiger partial charge in [-0.1, -0.05) is 30.3 Å². The zero-order valence-corrected chi connectivity index (χ0v) is 15.9. The molecule has 8 heteroatoms. The van der Waals surface area contributed by atoms with Gasteiger partial charge in [0.1, 0.15) is 5.04 Å². The average molecular weight is 387 g/mol. The molecule has 138 valence electrons. The topological polar surface area (TPSA) is 106 Å². The standard InChI is InChI=1S/C20H17N7S/c1-27-12-15(11-24-27)14-9-17-16(23-10-14)7-8-18(25-17)26-20(22)28-19(21)13-5-3-2-4-6-13/h2-12,21H,1H3,(H2,22,25,26). The van der Waals surface area contributed by atoms with E-state index in [1.807, 2.05) is 55.7 Å². The summed E-state index contributed by atoms with van der Waals surface area (Å²) in [6.07, 6.45) is 5.51. The number of thioether (sulfide) groups is 1. The minimum atomic E-state index is 0.261. The van der Waals surface area contributed by atoms with Gasteiger partial charge in [0.25, 0.3) is 0 Å². The zero-order chi connectivity index (χ0) is 19.5. The Labute approximate surface area is 165 Å². The molecule has 0 aliphatic heterocycles. The van der Waals surface area contributed by atoms with Crippen LogP contribution in [0.4, 0.5) is 5.82 Å². The van der Waals surface area contributed by atoms with E-state index in [1.54, 1.807) is 23.1 Å². The fourth-order valence-corrected chi connectivity index (χ4v) is 3.28. The molecule has 0 spiro atoms. The van der Waals surface area contributed by atoms with E-state index in [0.29, 0.717) is 10.9 Å². The molecule has 4 rings (SSSR count). The molecule has 0 fully saturated rings. The lowest BCUT2D eigenvalue weighted by molar-refractivity contribution is 0.768. The van der Waals surface area contributed by atoms with Gasteiger partial charge in [-0.3, -0.25) is 15.1 Å². The van der Waals surface area contributed by atoms with Crippen molar-refractivity contribution in [3.8, 4) is 11.1 Å².